The first-order valence-corrected chi connectivity index (χ1v) is 8.56. The first-order valence-electron chi connectivity index (χ1n) is 7.02. The first-order chi connectivity index (χ1) is 9.43. The maximum absolute atomic E-state index is 12.3. The van der Waals surface area contributed by atoms with Gasteiger partial charge in [0, 0.05) is 11.5 Å². The fraction of sp³-hybridized carbons (Fsp3) is 0.533. The second kappa shape index (κ2) is 6.06. The van der Waals surface area contributed by atoms with Crippen molar-refractivity contribution in [3.8, 4) is 0 Å². The number of rotatable bonds is 4. The van der Waals surface area contributed by atoms with E-state index in [1.807, 2.05) is 0 Å². The van der Waals surface area contributed by atoms with Crippen LogP contribution in [0.1, 0.15) is 37.0 Å². The number of carbonyl (C=O) groups excluding carboxylic acids is 1. The van der Waals surface area contributed by atoms with Gasteiger partial charge in [-0.3, -0.25) is 4.79 Å². The Morgan fingerprint density at radius 1 is 1.15 bits per heavy atom. The van der Waals surface area contributed by atoms with Gasteiger partial charge in [0.1, 0.15) is 0 Å². The van der Waals surface area contributed by atoms with Crippen LogP contribution >= 0.6 is 0 Å². The summed E-state index contributed by atoms with van der Waals surface area (Å²) in [4.78, 5) is 12.6. The molecule has 1 N–H and O–H groups in total. The minimum Gasteiger partial charge on any atom is -0.317 e. The lowest BCUT2D eigenvalue weighted by Gasteiger charge is -2.21. The third-order valence-corrected chi connectivity index (χ3v) is 5.97. The van der Waals surface area contributed by atoms with Gasteiger partial charge in [0.05, 0.1) is 10.1 Å². The van der Waals surface area contributed by atoms with Gasteiger partial charge in [0.2, 0.25) is 0 Å². The zero-order valence-electron chi connectivity index (χ0n) is 11.9. The highest BCUT2D eigenvalue weighted by atomic mass is 32.2. The molecule has 1 aromatic rings. The molecule has 110 valence electrons. The predicted octanol–water partition coefficient (Wildman–Crippen LogP) is 2.05. The summed E-state index contributed by atoms with van der Waals surface area (Å²) < 4.78 is 24.0. The molecule has 0 spiro atoms. The largest absolute Gasteiger partial charge is 0.317 e. The standard InChI is InChI=1S/C15H21NO3S/c1-11(2)20(18,19)14-5-3-12(4-6-14)15(17)13-7-9-16-10-8-13/h3-6,11,13,16H,7-10H2,1-2H3. The Bertz CT molecular complexity index is 570. The maximum atomic E-state index is 12.3. The average Bonchev–Trinajstić information content (AvgIpc) is 2.47. The van der Waals surface area contributed by atoms with Crippen LogP contribution in [0, 0.1) is 5.92 Å². The summed E-state index contributed by atoms with van der Waals surface area (Å²) in [6.45, 7) is 5.05. The number of nitrogens with one attached hydrogen (secondary N) is 1. The maximum Gasteiger partial charge on any atom is 0.180 e. The van der Waals surface area contributed by atoms with E-state index >= 15 is 0 Å². The Morgan fingerprint density at radius 3 is 2.20 bits per heavy atom. The lowest BCUT2D eigenvalue weighted by molar-refractivity contribution is 0.0895. The van der Waals surface area contributed by atoms with E-state index in [1.54, 1.807) is 38.1 Å². The molecule has 20 heavy (non-hydrogen) atoms. The second-order valence-corrected chi connectivity index (χ2v) is 8.01. The third kappa shape index (κ3) is 3.10. The molecule has 0 atom stereocenters. The molecule has 2 rings (SSSR count). The van der Waals surface area contributed by atoms with Crippen molar-refractivity contribution in [2.75, 3.05) is 13.1 Å². The summed E-state index contributed by atoms with van der Waals surface area (Å²) >= 11 is 0. The van der Waals surface area contributed by atoms with E-state index in [2.05, 4.69) is 5.32 Å². The SMILES string of the molecule is CC(C)S(=O)(=O)c1ccc(C(=O)C2CCNCC2)cc1. The van der Waals surface area contributed by atoms with Crippen LogP contribution in [0.25, 0.3) is 0 Å². The van der Waals surface area contributed by atoms with Gasteiger partial charge < -0.3 is 5.32 Å². The molecule has 1 fully saturated rings. The van der Waals surface area contributed by atoms with E-state index in [-0.39, 0.29) is 16.6 Å². The number of carbonyl (C=O) groups is 1. The van der Waals surface area contributed by atoms with Gasteiger partial charge in [-0.05, 0) is 51.9 Å². The monoisotopic (exact) mass is 295 g/mol. The third-order valence-electron chi connectivity index (χ3n) is 3.80. The minimum absolute atomic E-state index is 0.0591. The molecule has 0 bridgehead atoms. The Labute approximate surface area is 120 Å². The van der Waals surface area contributed by atoms with Crippen molar-refractivity contribution in [1.29, 1.82) is 0 Å². The molecule has 1 saturated heterocycles. The van der Waals surface area contributed by atoms with Gasteiger partial charge in [0.25, 0.3) is 0 Å². The first kappa shape index (κ1) is 15.2. The highest BCUT2D eigenvalue weighted by molar-refractivity contribution is 7.92. The number of piperidine rings is 1. The van der Waals surface area contributed by atoms with Crippen LogP contribution in [0.5, 0.6) is 0 Å². The predicted molar refractivity (Wildman–Crippen MR) is 78.7 cm³/mol. The van der Waals surface area contributed by atoms with Gasteiger partial charge in [0.15, 0.2) is 15.6 Å². The molecule has 0 unspecified atom stereocenters. The van der Waals surface area contributed by atoms with E-state index in [9.17, 15) is 13.2 Å². The summed E-state index contributed by atoms with van der Waals surface area (Å²) in [6, 6.07) is 6.37. The van der Waals surface area contributed by atoms with Crippen LogP contribution < -0.4 is 5.32 Å². The molecule has 1 aliphatic heterocycles. The summed E-state index contributed by atoms with van der Waals surface area (Å²) in [7, 11) is -3.27. The van der Waals surface area contributed by atoms with Crippen LogP contribution in [0.15, 0.2) is 29.2 Å². The van der Waals surface area contributed by atoms with Crippen molar-refractivity contribution in [1.82, 2.24) is 5.32 Å². The molecule has 0 amide bonds. The highest BCUT2D eigenvalue weighted by Gasteiger charge is 2.23. The Morgan fingerprint density at radius 2 is 1.70 bits per heavy atom. The van der Waals surface area contributed by atoms with Gasteiger partial charge in [-0.25, -0.2) is 8.42 Å². The van der Waals surface area contributed by atoms with Gasteiger partial charge >= 0.3 is 0 Å². The number of ketones is 1. The number of sulfone groups is 1. The topological polar surface area (TPSA) is 63.2 Å². The molecule has 0 aromatic heterocycles. The van der Waals surface area contributed by atoms with E-state index in [1.165, 1.54) is 0 Å². The molecular weight excluding hydrogens is 274 g/mol. The second-order valence-electron chi connectivity index (χ2n) is 5.51. The summed E-state index contributed by atoms with van der Waals surface area (Å²) in [5.74, 6) is 0.184. The number of hydrogen-bond acceptors (Lipinski definition) is 4. The van der Waals surface area contributed by atoms with Crippen molar-refractivity contribution >= 4 is 15.6 Å². The van der Waals surface area contributed by atoms with Crippen LogP contribution in [0.2, 0.25) is 0 Å². The van der Waals surface area contributed by atoms with E-state index in [0.29, 0.717) is 5.56 Å². The van der Waals surface area contributed by atoms with Gasteiger partial charge in [-0.1, -0.05) is 12.1 Å². The number of hydrogen-bond donors (Lipinski definition) is 1. The summed E-state index contributed by atoms with van der Waals surface area (Å²) in [6.07, 6.45) is 1.70. The van der Waals surface area contributed by atoms with Crippen LogP contribution in [0.3, 0.4) is 0 Å². The molecule has 4 nitrogen and oxygen atoms in total. The molecule has 1 aromatic carbocycles. The Balaban J connectivity index is 2.18. The zero-order chi connectivity index (χ0) is 14.8. The smallest absolute Gasteiger partial charge is 0.180 e. The molecule has 1 aliphatic rings. The van der Waals surface area contributed by atoms with Crippen LogP contribution in [-0.2, 0) is 9.84 Å². The van der Waals surface area contributed by atoms with Crippen molar-refractivity contribution in [3.63, 3.8) is 0 Å². The molecule has 1 heterocycles. The normalized spacial score (nSPS) is 17.4. The summed E-state index contributed by atoms with van der Waals surface area (Å²) in [5.41, 5.74) is 0.611. The molecular formula is C15H21NO3S. The molecule has 0 saturated carbocycles. The molecule has 0 aliphatic carbocycles. The fourth-order valence-corrected chi connectivity index (χ4v) is 3.46. The number of Topliss-reactive ketones (excluding diaryl/α,β-unsaturated/α-hetero) is 1. The van der Waals surface area contributed by atoms with Gasteiger partial charge in [-0.2, -0.15) is 0 Å². The zero-order valence-corrected chi connectivity index (χ0v) is 12.7. The van der Waals surface area contributed by atoms with E-state index in [4.69, 9.17) is 0 Å². The van der Waals surface area contributed by atoms with E-state index in [0.717, 1.165) is 25.9 Å². The fourth-order valence-electron chi connectivity index (χ4n) is 2.40. The average molecular weight is 295 g/mol. The van der Waals surface area contributed by atoms with Gasteiger partial charge in [-0.15, -0.1) is 0 Å². The minimum atomic E-state index is -3.27. The Hall–Kier alpha value is -1.20. The highest BCUT2D eigenvalue weighted by Crippen LogP contribution is 2.21. The van der Waals surface area contributed by atoms with Crippen molar-refractivity contribution in [2.45, 2.75) is 36.8 Å². The lowest BCUT2D eigenvalue weighted by atomic mass is 9.90. The Kier molecular flexibility index (Phi) is 4.60. The van der Waals surface area contributed by atoms with Crippen molar-refractivity contribution in [2.24, 2.45) is 5.92 Å². The molecule has 0 radical (unpaired) electrons. The van der Waals surface area contributed by atoms with Crippen LogP contribution in [-0.4, -0.2) is 32.5 Å². The van der Waals surface area contributed by atoms with Crippen LogP contribution in [0.4, 0.5) is 0 Å². The van der Waals surface area contributed by atoms with Crippen molar-refractivity contribution < 1.29 is 13.2 Å². The number of benzene rings is 1. The lowest BCUT2D eigenvalue weighted by Crippen LogP contribution is -2.31. The van der Waals surface area contributed by atoms with Crippen molar-refractivity contribution in [3.05, 3.63) is 29.8 Å². The van der Waals surface area contributed by atoms with E-state index < -0.39 is 15.1 Å². The summed E-state index contributed by atoms with van der Waals surface area (Å²) in [5, 5.41) is 2.78. The molecule has 5 heteroatoms. The quantitative estimate of drug-likeness (QED) is 0.864.